The lowest BCUT2D eigenvalue weighted by atomic mass is 10.1. The van der Waals surface area contributed by atoms with Crippen molar-refractivity contribution in [1.29, 1.82) is 0 Å². The van der Waals surface area contributed by atoms with Gasteiger partial charge in [-0.3, -0.25) is 9.89 Å². The predicted octanol–water partition coefficient (Wildman–Crippen LogP) is 2.66. The summed E-state index contributed by atoms with van der Waals surface area (Å²) in [4.78, 5) is 6.82. The van der Waals surface area contributed by atoms with Crippen LogP contribution in [0.1, 0.15) is 24.5 Å². The molecule has 2 rings (SSSR count). The molecule has 8 heteroatoms. The topological polar surface area (TPSA) is 67.4 Å². The van der Waals surface area contributed by atoms with Crippen LogP contribution in [0.15, 0.2) is 23.2 Å². The van der Waals surface area contributed by atoms with E-state index in [4.69, 9.17) is 14.2 Å². The molecule has 1 aromatic carbocycles. The van der Waals surface area contributed by atoms with Gasteiger partial charge in [0.15, 0.2) is 5.96 Å². The van der Waals surface area contributed by atoms with E-state index in [0.29, 0.717) is 25.7 Å². The number of ether oxygens (including phenoxy) is 3. The first-order valence-corrected chi connectivity index (χ1v) is 10.6. The molecule has 1 unspecified atom stereocenters. The van der Waals surface area contributed by atoms with Crippen LogP contribution >= 0.6 is 24.0 Å². The maximum absolute atomic E-state index is 5.97. The SMILES string of the molecule is CN=C(NCc1ccc(C)cc1OCCCOC)NCC(C)CN1CCOCC1.I. The quantitative estimate of drug-likeness (QED) is 0.197. The molecular formula is C22H39IN4O3. The first-order valence-electron chi connectivity index (χ1n) is 10.6. The lowest BCUT2D eigenvalue weighted by molar-refractivity contribution is 0.0320. The Bertz CT molecular complexity index is 624. The number of rotatable bonds is 11. The third-order valence-electron chi connectivity index (χ3n) is 4.93. The van der Waals surface area contributed by atoms with E-state index in [0.717, 1.165) is 63.1 Å². The fraction of sp³-hybridized carbons (Fsp3) is 0.682. The van der Waals surface area contributed by atoms with E-state index in [9.17, 15) is 0 Å². The zero-order valence-electron chi connectivity index (χ0n) is 18.9. The molecule has 0 spiro atoms. The van der Waals surface area contributed by atoms with Gasteiger partial charge in [0.1, 0.15) is 5.75 Å². The fourth-order valence-electron chi connectivity index (χ4n) is 3.29. The van der Waals surface area contributed by atoms with Gasteiger partial charge in [0.25, 0.3) is 0 Å². The molecule has 2 N–H and O–H groups in total. The standard InChI is InChI=1S/C22H38N4O3.HI/c1-18-6-7-20(21(14-18)29-11-5-10-27-4)16-25-22(23-3)24-15-19(2)17-26-8-12-28-13-9-26;/h6-7,14,19H,5,8-13,15-17H2,1-4H3,(H2,23,24,25);1H. The van der Waals surface area contributed by atoms with Crippen LogP contribution in [0.2, 0.25) is 0 Å². The smallest absolute Gasteiger partial charge is 0.191 e. The number of nitrogens with one attached hydrogen (secondary N) is 2. The van der Waals surface area contributed by atoms with Crippen LogP contribution in [-0.2, 0) is 16.0 Å². The summed E-state index contributed by atoms with van der Waals surface area (Å²) in [7, 11) is 3.52. The monoisotopic (exact) mass is 534 g/mol. The normalized spacial score (nSPS) is 15.9. The Hall–Kier alpha value is -1.10. The van der Waals surface area contributed by atoms with Gasteiger partial charge in [0.2, 0.25) is 0 Å². The highest BCUT2D eigenvalue weighted by Crippen LogP contribution is 2.20. The molecule has 1 heterocycles. The van der Waals surface area contributed by atoms with Crippen LogP contribution in [0.25, 0.3) is 0 Å². The molecule has 7 nitrogen and oxygen atoms in total. The van der Waals surface area contributed by atoms with E-state index in [1.807, 2.05) is 0 Å². The second kappa shape index (κ2) is 15.7. The lowest BCUT2D eigenvalue weighted by Crippen LogP contribution is -2.43. The zero-order valence-corrected chi connectivity index (χ0v) is 21.2. The molecule has 0 aliphatic carbocycles. The number of benzene rings is 1. The van der Waals surface area contributed by atoms with Crippen LogP contribution in [0, 0.1) is 12.8 Å². The summed E-state index contributed by atoms with van der Waals surface area (Å²) in [6.07, 6.45) is 0.877. The summed E-state index contributed by atoms with van der Waals surface area (Å²) in [6.45, 7) is 12.1. The number of hydrogen-bond acceptors (Lipinski definition) is 5. The van der Waals surface area contributed by atoms with Crippen LogP contribution < -0.4 is 15.4 Å². The summed E-state index contributed by atoms with van der Waals surface area (Å²) in [5, 5.41) is 6.85. The molecule has 0 radical (unpaired) electrons. The highest BCUT2D eigenvalue weighted by molar-refractivity contribution is 14.0. The summed E-state index contributed by atoms with van der Waals surface area (Å²) < 4.78 is 16.5. The Morgan fingerprint density at radius 1 is 1.23 bits per heavy atom. The van der Waals surface area contributed by atoms with Gasteiger partial charge in [-0.1, -0.05) is 19.1 Å². The van der Waals surface area contributed by atoms with E-state index in [1.165, 1.54) is 5.56 Å². The first kappa shape index (κ1) is 26.9. The van der Waals surface area contributed by atoms with Gasteiger partial charge in [-0.15, -0.1) is 24.0 Å². The molecule has 1 saturated heterocycles. The van der Waals surface area contributed by atoms with Gasteiger partial charge in [-0.05, 0) is 24.5 Å². The average molecular weight is 534 g/mol. The van der Waals surface area contributed by atoms with E-state index in [2.05, 4.69) is 52.6 Å². The number of nitrogens with zero attached hydrogens (tertiary/aromatic N) is 2. The molecule has 0 bridgehead atoms. The van der Waals surface area contributed by atoms with Crippen molar-refractivity contribution in [2.24, 2.45) is 10.9 Å². The van der Waals surface area contributed by atoms with Crippen LogP contribution in [0.3, 0.4) is 0 Å². The molecule has 1 aliphatic rings. The van der Waals surface area contributed by atoms with Crippen molar-refractivity contribution in [3.8, 4) is 5.75 Å². The molecule has 0 amide bonds. The molecule has 1 aliphatic heterocycles. The lowest BCUT2D eigenvalue weighted by Gasteiger charge is -2.29. The van der Waals surface area contributed by atoms with E-state index in [1.54, 1.807) is 14.2 Å². The van der Waals surface area contributed by atoms with Crippen molar-refractivity contribution in [2.75, 3.05) is 66.8 Å². The largest absolute Gasteiger partial charge is 0.493 e. The molecule has 30 heavy (non-hydrogen) atoms. The van der Waals surface area contributed by atoms with Crippen LogP contribution in [0.5, 0.6) is 5.75 Å². The number of guanidine groups is 1. The Kier molecular flexibility index (Phi) is 14.1. The number of aliphatic imine (C=N–C) groups is 1. The third-order valence-corrected chi connectivity index (χ3v) is 4.93. The fourth-order valence-corrected chi connectivity index (χ4v) is 3.29. The van der Waals surface area contributed by atoms with Crippen LogP contribution in [0.4, 0.5) is 0 Å². The number of halogens is 1. The van der Waals surface area contributed by atoms with Crippen LogP contribution in [-0.4, -0.2) is 77.6 Å². The summed E-state index contributed by atoms with van der Waals surface area (Å²) in [5.41, 5.74) is 2.31. The molecule has 1 atom stereocenters. The first-order chi connectivity index (χ1) is 14.1. The van der Waals surface area contributed by atoms with E-state index >= 15 is 0 Å². The number of aryl methyl sites for hydroxylation is 1. The van der Waals surface area contributed by atoms with Gasteiger partial charge in [0, 0.05) is 65.5 Å². The van der Waals surface area contributed by atoms with Crippen molar-refractivity contribution >= 4 is 29.9 Å². The highest BCUT2D eigenvalue weighted by Gasteiger charge is 2.14. The molecule has 172 valence electrons. The van der Waals surface area contributed by atoms with Gasteiger partial charge in [-0.25, -0.2) is 0 Å². The van der Waals surface area contributed by atoms with Crippen molar-refractivity contribution in [3.63, 3.8) is 0 Å². The van der Waals surface area contributed by atoms with Crippen molar-refractivity contribution in [3.05, 3.63) is 29.3 Å². The molecule has 0 aromatic heterocycles. The van der Waals surface area contributed by atoms with Crippen molar-refractivity contribution in [2.45, 2.75) is 26.8 Å². The number of morpholine rings is 1. The number of hydrogen-bond donors (Lipinski definition) is 2. The third kappa shape index (κ3) is 10.3. The molecule has 1 fully saturated rings. The second-order valence-electron chi connectivity index (χ2n) is 7.63. The minimum absolute atomic E-state index is 0. The molecule has 1 aromatic rings. The summed E-state index contributed by atoms with van der Waals surface area (Å²) in [5.74, 6) is 2.26. The van der Waals surface area contributed by atoms with E-state index in [-0.39, 0.29) is 24.0 Å². The predicted molar refractivity (Wildman–Crippen MR) is 133 cm³/mol. The maximum Gasteiger partial charge on any atom is 0.191 e. The van der Waals surface area contributed by atoms with Gasteiger partial charge < -0.3 is 24.8 Å². The Morgan fingerprint density at radius 2 is 2.00 bits per heavy atom. The minimum Gasteiger partial charge on any atom is -0.493 e. The Balaban J connectivity index is 0.00000450. The second-order valence-corrected chi connectivity index (χ2v) is 7.63. The molecular weight excluding hydrogens is 495 g/mol. The summed E-state index contributed by atoms with van der Waals surface area (Å²) >= 11 is 0. The molecule has 0 saturated carbocycles. The van der Waals surface area contributed by atoms with Gasteiger partial charge >= 0.3 is 0 Å². The minimum atomic E-state index is 0. The van der Waals surface area contributed by atoms with Crippen molar-refractivity contribution < 1.29 is 14.2 Å². The van der Waals surface area contributed by atoms with Gasteiger partial charge in [-0.2, -0.15) is 0 Å². The summed E-state index contributed by atoms with van der Waals surface area (Å²) in [6, 6.07) is 6.31. The number of methoxy groups -OCH3 is 1. The Labute approximate surface area is 199 Å². The van der Waals surface area contributed by atoms with Crippen molar-refractivity contribution in [1.82, 2.24) is 15.5 Å². The van der Waals surface area contributed by atoms with Gasteiger partial charge in [0.05, 0.1) is 19.8 Å². The highest BCUT2D eigenvalue weighted by atomic mass is 127. The Morgan fingerprint density at radius 3 is 2.70 bits per heavy atom. The van der Waals surface area contributed by atoms with E-state index < -0.39 is 0 Å². The zero-order chi connectivity index (χ0) is 20.9. The average Bonchev–Trinajstić information content (AvgIpc) is 2.73. The maximum atomic E-state index is 5.97.